The number of aromatic hydroxyl groups is 1. The molecule has 0 amide bonds. The number of ether oxygens (including phenoxy) is 1. The van der Waals surface area contributed by atoms with E-state index in [0.29, 0.717) is 39.7 Å². The third-order valence-corrected chi connectivity index (χ3v) is 6.06. The summed E-state index contributed by atoms with van der Waals surface area (Å²) < 4.78 is 6.62. The molecule has 8 heteroatoms. The first-order valence-electron chi connectivity index (χ1n) is 9.83. The van der Waals surface area contributed by atoms with Crippen molar-refractivity contribution in [1.82, 2.24) is 9.55 Å². The number of carbonyl (C=O) groups excluding carboxylic acids is 2. The van der Waals surface area contributed by atoms with Crippen molar-refractivity contribution in [2.45, 2.75) is 32.1 Å². The number of benzene rings is 1. The Morgan fingerprint density at radius 3 is 2.81 bits per heavy atom. The van der Waals surface area contributed by atoms with Crippen LogP contribution in [0.2, 0.25) is 0 Å². The predicted molar refractivity (Wildman–Crippen MR) is 111 cm³/mol. The van der Waals surface area contributed by atoms with Crippen LogP contribution in [0.15, 0.2) is 35.1 Å². The Hall–Kier alpha value is -3.78. The second kappa shape index (κ2) is 6.61. The number of phenols is 1. The van der Waals surface area contributed by atoms with Crippen molar-refractivity contribution in [3.63, 3.8) is 0 Å². The van der Waals surface area contributed by atoms with Gasteiger partial charge in [0, 0.05) is 16.5 Å². The van der Waals surface area contributed by atoms with Gasteiger partial charge in [0.2, 0.25) is 0 Å². The topological polar surface area (TPSA) is 119 Å². The van der Waals surface area contributed by atoms with Crippen LogP contribution >= 0.6 is 0 Å². The van der Waals surface area contributed by atoms with E-state index >= 15 is 0 Å². The highest BCUT2D eigenvalue weighted by atomic mass is 16.6. The van der Waals surface area contributed by atoms with Gasteiger partial charge in [-0.1, -0.05) is 13.0 Å². The number of aldehydes is 1. The molecule has 2 aliphatic rings. The molecule has 0 saturated carbocycles. The highest BCUT2D eigenvalue weighted by Gasteiger charge is 2.45. The van der Waals surface area contributed by atoms with Gasteiger partial charge in [-0.15, -0.1) is 0 Å². The molecule has 0 fully saturated rings. The van der Waals surface area contributed by atoms with Gasteiger partial charge in [0.1, 0.15) is 18.6 Å². The second-order valence-corrected chi connectivity index (χ2v) is 7.65. The maximum atomic E-state index is 13.3. The molecule has 2 N–H and O–H groups in total. The van der Waals surface area contributed by atoms with Crippen molar-refractivity contribution >= 4 is 29.2 Å². The van der Waals surface area contributed by atoms with Gasteiger partial charge in [-0.25, -0.2) is 9.78 Å². The molecule has 2 aliphatic heterocycles. The number of aliphatic hydroxyl groups is 1. The van der Waals surface area contributed by atoms with Crippen LogP contribution in [0.3, 0.4) is 0 Å². The Balaban J connectivity index is 1.84. The van der Waals surface area contributed by atoms with Gasteiger partial charge in [0.05, 0.1) is 29.0 Å². The maximum Gasteiger partial charge on any atom is 0.343 e. The van der Waals surface area contributed by atoms with E-state index in [0.717, 1.165) is 0 Å². The zero-order valence-electron chi connectivity index (χ0n) is 16.6. The molecule has 5 rings (SSSR count). The lowest BCUT2D eigenvalue weighted by molar-refractivity contribution is -0.172. The van der Waals surface area contributed by atoms with Crippen molar-refractivity contribution in [3.05, 3.63) is 62.9 Å². The normalized spacial score (nSPS) is 19.2. The lowest BCUT2D eigenvalue weighted by Crippen LogP contribution is -2.44. The largest absolute Gasteiger partial charge is 0.508 e. The standard InChI is InChI=1S/C23H18N2O6/c1-2-23(30)17-9-19-20-15(10-25(19)21(28)16(17)11-31-22(23)29)13(4-3-7-26)14-8-12(27)5-6-18(14)24-20/h3-9,27,30H,2,10-11H2,1H3/b4-3+/t23-/m0/s1. The Morgan fingerprint density at radius 2 is 2.06 bits per heavy atom. The minimum atomic E-state index is -1.89. The van der Waals surface area contributed by atoms with E-state index in [1.165, 1.54) is 16.7 Å². The van der Waals surface area contributed by atoms with E-state index in [9.17, 15) is 24.6 Å². The lowest BCUT2D eigenvalue weighted by Gasteiger charge is -2.31. The number of allylic oxidation sites excluding steroid dienone is 1. The van der Waals surface area contributed by atoms with Gasteiger partial charge in [0.15, 0.2) is 5.60 Å². The monoisotopic (exact) mass is 418 g/mol. The van der Waals surface area contributed by atoms with Crippen molar-refractivity contribution in [2.75, 3.05) is 0 Å². The van der Waals surface area contributed by atoms with Crippen molar-refractivity contribution < 1.29 is 24.5 Å². The van der Waals surface area contributed by atoms with Crippen LogP contribution in [0.5, 0.6) is 5.75 Å². The number of fused-ring (bicyclic) bond motifs is 5. The molecule has 0 spiro atoms. The van der Waals surface area contributed by atoms with E-state index < -0.39 is 11.6 Å². The predicted octanol–water partition coefficient (Wildman–Crippen LogP) is 2.00. The molecular formula is C23H18N2O6. The maximum absolute atomic E-state index is 13.3. The number of carbonyl (C=O) groups is 2. The molecular weight excluding hydrogens is 400 g/mol. The molecule has 31 heavy (non-hydrogen) atoms. The number of rotatable bonds is 3. The number of phenolic OH excluding ortho intramolecular Hbond substituents is 1. The quantitative estimate of drug-likeness (QED) is 0.297. The highest BCUT2D eigenvalue weighted by Crippen LogP contribution is 2.40. The number of esters is 1. The highest BCUT2D eigenvalue weighted by molar-refractivity contribution is 5.95. The van der Waals surface area contributed by atoms with Crippen LogP contribution in [0, 0.1) is 0 Å². The summed E-state index contributed by atoms with van der Waals surface area (Å²) >= 11 is 0. The van der Waals surface area contributed by atoms with Crippen LogP contribution in [-0.4, -0.2) is 32.0 Å². The fraction of sp³-hybridized carbons (Fsp3) is 0.217. The molecule has 1 atom stereocenters. The summed E-state index contributed by atoms with van der Waals surface area (Å²) in [6.07, 6.45) is 3.68. The fourth-order valence-corrected chi connectivity index (χ4v) is 4.42. The second-order valence-electron chi connectivity index (χ2n) is 7.65. The number of pyridine rings is 2. The number of aromatic nitrogens is 2. The van der Waals surface area contributed by atoms with Gasteiger partial charge in [-0.2, -0.15) is 0 Å². The van der Waals surface area contributed by atoms with Crippen molar-refractivity contribution in [2.24, 2.45) is 0 Å². The van der Waals surface area contributed by atoms with Gasteiger partial charge in [0.25, 0.3) is 5.56 Å². The summed E-state index contributed by atoms with van der Waals surface area (Å²) in [5.41, 5.74) is 1.20. The average molecular weight is 418 g/mol. The number of nitrogens with zero attached hydrogens (tertiary/aromatic N) is 2. The molecule has 0 bridgehead atoms. The molecule has 0 radical (unpaired) electrons. The summed E-state index contributed by atoms with van der Waals surface area (Å²) in [5.74, 6) is -0.719. The van der Waals surface area contributed by atoms with Gasteiger partial charge < -0.3 is 19.5 Å². The summed E-state index contributed by atoms with van der Waals surface area (Å²) in [6.45, 7) is 1.65. The Labute approximate surface area is 176 Å². The molecule has 8 nitrogen and oxygen atoms in total. The third-order valence-electron chi connectivity index (χ3n) is 6.06. The molecule has 4 heterocycles. The Morgan fingerprint density at radius 1 is 1.26 bits per heavy atom. The Kier molecular flexibility index (Phi) is 4.10. The summed E-state index contributed by atoms with van der Waals surface area (Å²) in [7, 11) is 0. The van der Waals surface area contributed by atoms with Gasteiger partial charge in [-0.05, 0) is 42.3 Å². The fourth-order valence-electron chi connectivity index (χ4n) is 4.42. The van der Waals surface area contributed by atoms with Crippen LogP contribution in [0.25, 0.3) is 28.4 Å². The molecule has 156 valence electrons. The van der Waals surface area contributed by atoms with E-state index in [1.54, 1.807) is 31.2 Å². The smallest absolute Gasteiger partial charge is 0.343 e. The molecule has 0 aliphatic carbocycles. The average Bonchev–Trinajstić information content (AvgIpc) is 3.13. The Bertz CT molecular complexity index is 1390. The van der Waals surface area contributed by atoms with Gasteiger partial charge >= 0.3 is 5.97 Å². The molecule has 1 aromatic carbocycles. The number of hydrogen-bond donors (Lipinski definition) is 2. The first kappa shape index (κ1) is 19.2. The lowest BCUT2D eigenvalue weighted by atomic mass is 9.86. The minimum absolute atomic E-state index is 0.0572. The summed E-state index contributed by atoms with van der Waals surface area (Å²) in [6, 6.07) is 6.36. The third kappa shape index (κ3) is 2.58. The summed E-state index contributed by atoms with van der Waals surface area (Å²) in [4.78, 5) is 41.2. The zero-order chi connectivity index (χ0) is 21.9. The van der Waals surface area contributed by atoms with Crippen molar-refractivity contribution in [3.8, 4) is 17.1 Å². The van der Waals surface area contributed by atoms with E-state index in [-0.39, 0.29) is 42.0 Å². The van der Waals surface area contributed by atoms with Crippen LogP contribution in [-0.2, 0) is 33.1 Å². The molecule has 3 aromatic rings. The molecule has 2 aromatic heterocycles. The van der Waals surface area contributed by atoms with E-state index in [1.807, 2.05) is 0 Å². The van der Waals surface area contributed by atoms with Crippen LogP contribution < -0.4 is 5.56 Å². The summed E-state index contributed by atoms with van der Waals surface area (Å²) in [5, 5.41) is 21.6. The zero-order valence-corrected chi connectivity index (χ0v) is 16.6. The number of cyclic esters (lactones) is 1. The van der Waals surface area contributed by atoms with Crippen molar-refractivity contribution in [1.29, 1.82) is 0 Å². The van der Waals surface area contributed by atoms with Gasteiger partial charge in [-0.3, -0.25) is 9.59 Å². The minimum Gasteiger partial charge on any atom is -0.508 e. The van der Waals surface area contributed by atoms with E-state index in [2.05, 4.69) is 0 Å². The SMILES string of the molecule is CC[C@@]1(O)C(=O)OCc2c1cc1n(c2=O)Cc2c-1nc1ccc(O)cc1c2/C=C/C=O. The first-order valence-corrected chi connectivity index (χ1v) is 9.83. The first-order chi connectivity index (χ1) is 14.9. The van der Waals surface area contributed by atoms with E-state index in [4.69, 9.17) is 9.72 Å². The van der Waals surface area contributed by atoms with Crippen LogP contribution in [0.4, 0.5) is 0 Å². The number of hydrogen-bond acceptors (Lipinski definition) is 7. The molecule has 0 unspecified atom stereocenters. The molecule has 0 saturated heterocycles. The van der Waals surface area contributed by atoms with Crippen LogP contribution in [0.1, 0.15) is 35.6 Å².